The molecule has 100 valence electrons. The van der Waals surface area contributed by atoms with Crippen LogP contribution in [0.1, 0.15) is 37.4 Å². The van der Waals surface area contributed by atoms with E-state index < -0.39 is 0 Å². The van der Waals surface area contributed by atoms with Gasteiger partial charge in [0.25, 0.3) is 0 Å². The molecule has 0 bridgehead atoms. The monoisotopic (exact) mass is 276 g/mol. The molecule has 1 aliphatic rings. The number of hydrogen-bond donors (Lipinski definition) is 0. The molecule has 2 aromatic rings. The van der Waals surface area contributed by atoms with Crippen LogP contribution in [0, 0.1) is 0 Å². The van der Waals surface area contributed by atoms with E-state index in [9.17, 15) is 0 Å². The Bertz CT molecular complexity index is 547. The van der Waals surface area contributed by atoms with Crippen molar-refractivity contribution in [3.63, 3.8) is 0 Å². The third-order valence-corrected chi connectivity index (χ3v) is 3.89. The van der Waals surface area contributed by atoms with E-state index in [0.717, 1.165) is 5.69 Å². The van der Waals surface area contributed by atoms with E-state index in [2.05, 4.69) is 16.0 Å². The van der Waals surface area contributed by atoms with Crippen LogP contribution in [0.3, 0.4) is 0 Å². The van der Waals surface area contributed by atoms with Gasteiger partial charge in [-0.1, -0.05) is 36.6 Å². The Morgan fingerprint density at radius 1 is 1.21 bits per heavy atom. The van der Waals surface area contributed by atoms with Gasteiger partial charge in [-0.25, -0.2) is 0 Å². The van der Waals surface area contributed by atoms with Gasteiger partial charge in [-0.3, -0.25) is 4.68 Å². The van der Waals surface area contributed by atoms with Crippen molar-refractivity contribution in [2.75, 3.05) is 0 Å². The van der Waals surface area contributed by atoms with Crippen LogP contribution in [0.4, 0.5) is 0 Å². The highest BCUT2D eigenvalue weighted by atomic mass is 35.5. The quantitative estimate of drug-likeness (QED) is 0.835. The zero-order valence-electron chi connectivity index (χ0n) is 10.8. The molecule has 0 saturated heterocycles. The lowest BCUT2D eigenvalue weighted by atomic mass is 10.3. The van der Waals surface area contributed by atoms with Gasteiger partial charge in [0.2, 0.25) is 0 Å². The molecule has 0 unspecified atom stereocenters. The third kappa shape index (κ3) is 2.92. The van der Waals surface area contributed by atoms with E-state index in [1.54, 1.807) is 0 Å². The summed E-state index contributed by atoms with van der Waals surface area (Å²) in [6.45, 7) is 0.462. The van der Waals surface area contributed by atoms with Crippen LogP contribution in [0.2, 0.25) is 5.02 Å². The van der Waals surface area contributed by atoms with Crippen molar-refractivity contribution in [1.29, 1.82) is 0 Å². The van der Waals surface area contributed by atoms with E-state index in [-0.39, 0.29) is 0 Å². The van der Waals surface area contributed by atoms with E-state index in [1.165, 1.54) is 25.7 Å². The molecule has 0 N–H and O–H groups in total. The molecule has 0 amide bonds. The lowest BCUT2D eigenvalue weighted by molar-refractivity contribution is 0.298. The second kappa shape index (κ2) is 5.66. The van der Waals surface area contributed by atoms with Crippen LogP contribution in [0.15, 0.2) is 36.5 Å². The van der Waals surface area contributed by atoms with Gasteiger partial charge in [0.05, 0.1) is 16.8 Å². The van der Waals surface area contributed by atoms with E-state index >= 15 is 0 Å². The summed E-state index contributed by atoms with van der Waals surface area (Å²) < 4.78 is 7.77. The molecule has 0 atom stereocenters. The number of hydrogen-bond acceptors (Lipinski definition) is 2. The average Bonchev–Trinajstić information content (AvgIpc) is 3.09. The molecule has 19 heavy (non-hydrogen) atoms. The van der Waals surface area contributed by atoms with Gasteiger partial charge in [-0.15, -0.1) is 0 Å². The van der Waals surface area contributed by atoms with Crippen molar-refractivity contribution in [2.45, 2.75) is 38.3 Å². The fourth-order valence-electron chi connectivity index (χ4n) is 2.54. The van der Waals surface area contributed by atoms with Crippen molar-refractivity contribution in [2.24, 2.45) is 0 Å². The van der Waals surface area contributed by atoms with Crippen molar-refractivity contribution in [1.82, 2.24) is 9.78 Å². The molecular weight excluding hydrogens is 260 g/mol. The van der Waals surface area contributed by atoms with E-state index in [0.29, 0.717) is 23.4 Å². The second-order valence-electron chi connectivity index (χ2n) is 4.94. The highest BCUT2D eigenvalue weighted by Gasteiger charge is 2.17. The molecular formula is C15H17ClN2O. The van der Waals surface area contributed by atoms with Crippen LogP contribution >= 0.6 is 11.6 Å². The summed E-state index contributed by atoms with van der Waals surface area (Å²) >= 11 is 6.05. The van der Waals surface area contributed by atoms with Crippen LogP contribution in [0.25, 0.3) is 0 Å². The van der Waals surface area contributed by atoms with Crippen LogP contribution in [-0.4, -0.2) is 9.78 Å². The molecule has 4 heteroatoms. The zero-order valence-corrected chi connectivity index (χ0v) is 11.5. The third-order valence-electron chi connectivity index (χ3n) is 3.57. The van der Waals surface area contributed by atoms with Gasteiger partial charge in [0.1, 0.15) is 12.4 Å². The molecule has 0 radical (unpaired) electrons. The summed E-state index contributed by atoms with van der Waals surface area (Å²) in [5, 5.41) is 5.22. The van der Waals surface area contributed by atoms with E-state index in [1.807, 2.05) is 30.3 Å². The standard InChI is InChI=1S/C15H17ClN2O/c16-14-7-3-4-8-15(14)19-11-12-9-10-18(17-12)13-5-1-2-6-13/h3-4,7-10,13H,1-2,5-6,11H2. The molecule has 0 spiro atoms. The van der Waals surface area contributed by atoms with Crippen molar-refractivity contribution in [3.05, 3.63) is 47.2 Å². The number of aromatic nitrogens is 2. The van der Waals surface area contributed by atoms with Gasteiger partial charge in [0.15, 0.2) is 0 Å². The van der Waals surface area contributed by atoms with E-state index in [4.69, 9.17) is 16.3 Å². The Balaban J connectivity index is 1.63. The van der Waals surface area contributed by atoms with Gasteiger partial charge in [-0.2, -0.15) is 5.10 Å². The van der Waals surface area contributed by atoms with Gasteiger partial charge >= 0.3 is 0 Å². The number of para-hydroxylation sites is 1. The first-order valence-electron chi connectivity index (χ1n) is 6.74. The largest absolute Gasteiger partial charge is 0.486 e. The number of ether oxygens (including phenoxy) is 1. The van der Waals surface area contributed by atoms with Crippen LogP contribution < -0.4 is 4.74 Å². The predicted octanol–water partition coefficient (Wildman–Crippen LogP) is 4.23. The Hall–Kier alpha value is -1.48. The summed E-state index contributed by atoms with van der Waals surface area (Å²) in [5.41, 5.74) is 0.951. The summed E-state index contributed by atoms with van der Waals surface area (Å²) in [5.74, 6) is 0.708. The number of halogens is 1. The summed E-state index contributed by atoms with van der Waals surface area (Å²) in [6, 6.07) is 10.1. The van der Waals surface area contributed by atoms with Gasteiger partial charge in [0, 0.05) is 6.20 Å². The maximum Gasteiger partial charge on any atom is 0.138 e. The summed E-state index contributed by atoms with van der Waals surface area (Å²) in [4.78, 5) is 0. The van der Waals surface area contributed by atoms with Gasteiger partial charge in [-0.05, 0) is 31.0 Å². The summed E-state index contributed by atoms with van der Waals surface area (Å²) in [6.07, 6.45) is 7.17. The van der Waals surface area contributed by atoms with Crippen LogP contribution in [0.5, 0.6) is 5.75 Å². The minimum atomic E-state index is 0.462. The Labute approximate surface area is 118 Å². The highest BCUT2D eigenvalue weighted by Crippen LogP contribution is 2.29. The maximum atomic E-state index is 6.05. The topological polar surface area (TPSA) is 27.1 Å². The van der Waals surface area contributed by atoms with Crippen molar-refractivity contribution < 1.29 is 4.74 Å². The Kier molecular flexibility index (Phi) is 3.74. The van der Waals surface area contributed by atoms with Crippen LogP contribution in [-0.2, 0) is 6.61 Å². The lowest BCUT2D eigenvalue weighted by Crippen LogP contribution is -2.06. The number of nitrogens with zero attached hydrogens (tertiary/aromatic N) is 2. The Morgan fingerprint density at radius 2 is 2.00 bits per heavy atom. The normalized spacial score (nSPS) is 15.8. The Morgan fingerprint density at radius 3 is 2.79 bits per heavy atom. The van der Waals surface area contributed by atoms with Crippen molar-refractivity contribution in [3.8, 4) is 5.75 Å². The first-order chi connectivity index (χ1) is 9.33. The molecule has 1 aliphatic carbocycles. The smallest absolute Gasteiger partial charge is 0.138 e. The second-order valence-corrected chi connectivity index (χ2v) is 5.35. The molecule has 3 rings (SSSR count). The fraction of sp³-hybridized carbons (Fsp3) is 0.400. The first kappa shape index (κ1) is 12.5. The molecule has 1 aromatic carbocycles. The SMILES string of the molecule is Clc1ccccc1OCc1ccn(C2CCCC2)n1. The minimum absolute atomic E-state index is 0.462. The number of rotatable bonds is 4. The zero-order chi connectivity index (χ0) is 13.1. The minimum Gasteiger partial charge on any atom is -0.486 e. The van der Waals surface area contributed by atoms with Gasteiger partial charge < -0.3 is 4.74 Å². The fourth-order valence-corrected chi connectivity index (χ4v) is 2.73. The first-order valence-corrected chi connectivity index (χ1v) is 7.12. The van der Waals surface area contributed by atoms with Crippen molar-refractivity contribution >= 4 is 11.6 Å². The molecule has 1 heterocycles. The molecule has 3 nitrogen and oxygen atoms in total. The highest BCUT2D eigenvalue weighted by molar-refractivity contribution is 6.32. The maximum absolute atomic E-state index is 6.05. The summed E-state index contributed by atoms with van der Waals surface area (Å²) in [7, 11) is 0. The predicted molar refractivity (Wildman–Crippen MR) is 75.5 cm³/mol. The number of benzene rings is 1. The average molecular weight is 277 g/mol. The lowest BCUT2D eigenvalue weighted by Gasteiger charge is -2.09. The molecule has 1 saturated carbocycles. The molecule has 0 aliphatic heterocycles. The molecule has 1 fully saturated rings. The molecule has 1 aromatic heterocycles.